The Balaban J connectivity index is 1.21. The summed E-state index contributed by atoms with van der Waals surface area (Å²) in [5, 5.41) is 3.72. The van der Waals surface area contributed by atoms with Crippen molar-refractivity contribution in [2.24, 2.45) is 0 Å². The minimum atomic E-state index is 0.561. The lowest BCUT2D eigenvalue weighted by atomic mass is 9.98. The van der Waals surface area contributed by atoms with Crippen molar-refractivity contribution in [3.8, 4) is 22.4 Å². The van der Waals surface area contributed by atoms with Crippen LogP contribution in [0.2, 0.25) is 0 Å². The van der Waals surface area contributed by atoms with Crippen molar-refractivity contribution in [2.75, 3.05) is 13.1 Å². The van der Waals surface area contributed by atoms with Crippen molar-refractivity contribution < 1.29 is 0 Å². The monoisotopic (exact) mass is 458 g/mol. The predicted octanol–water partition coefficient (Wildman–Crippen LogP) is 6.72. The highest BCUT2D eigenvalue weighted by Crippen LogP contribution is 2.33. The minimum absolute atomic E-state index is 0.561. The zero-order chi connectivity index (χ0) is 23.9. The number of piperidine rings is 1. The van der Waals surface area contributed by atoms with Crippen LogP contribution >= 0.6 is 0 Å². The molecule has 0 aliphatic carbocycles. The molecule has 2 heterocycles. The molecule has 1 fully saturated rings. The molecule has 1 N–H and O–H groups in total. The molecule has 1 aliphatic heterocycles. The summed E-state index contributed by atoms with van der Waals surface area (Å²) in [6.45, 7) is 11.5. The Labute approximate surface area is 208 Å². The molecule has 1 aliphatic rings. The lowest BCUT2D eigenvalue weighted by molar-refractivity contribution is 0.190. The van der Waals surface area contributed by atoms with Crippen molar-refractivity contribution in [3.63, 3.8) is 0 Å². The van der Waals surface area contributed by atoms with E-state index >= 15 is 0 Å². The second-order valence-corrected chi connectivity index (χ2v) is 9.18. The van der Waals surface area contributed by atoms with E-state index in [2.05, 4.69) is 86.8 Å². The van der Waals surface area contributed by atoms with E-state index in [0.717, 1.165) is 48.6 Å². The maximum Gasteiger partial charge on any atom is 0.205 e. The third-order valence-electron chi connectivity index (χ3n) is 6.75. The first-order chi connectivity index (χ1) is 17.3. The van der Waals surface area contributed by atoms with E-state index in [0.29, 0.717) is 11.7 Å². The van der Waals surface area contributed by atoms with E-state index < -0.39 is 0 Å². The number of hydrogen-bond acceptors (Lipinski definition) is 3. The van der Waals surface area contributed by atoms with Gasteiger partial charge in [-0.3, -0.25) is 9.88 Å². The predicted molar refractivity (Wildman–Crippen MR) is 143 cm³/mol. The van der Waals surface area contributed by atoms with E-state index in [9.17, 15) is 0 Å². The van der Waals surface area contributed by atoms with Crippen molar-refractivity contribution in [1.82, 2.24) is 15.2 Å². The van der Waals surface area contributed by atoms with Crippen LogP contribution in [0.4, 0.5) is 5.69 Å². The normalized spacial score (nSPS) is 14.5. The van der Waals surface area contributed by atoms with Crippen LogP contribution in [0.3, 0.4) is 0 Å². The smallest absolute Gasteiger partial charge is 0.205 e. The molecule has 0 unspecified atom stereocenters. The first kappa shape index (κ1) is 23.0. The van der Waals surface area contributed by atoms with Crippen LogP contribution in [0.1, 0.15) is 24.0 Å². The van der Waals surface area contributed by atoms with E-state index in [1.165, 1.54) is 24.0 Å². The molecule has 174 valence electrons. The summed E-state index contributed by atoms with van der Waals surface area (Å²) in [6, 6.07) is 32.1. The second-order valence-electron chi connectivity index (χ2n) is 9.18. The van der Waals surface area contributed by atoms with Gasteiger partial charge in [-0.2, -0.15) is 0 Å². The zero-order valence-corrected chi connectivity index (χ0v) is 19.9. The number of benzene rings is 3. The molecule has 0 spiro atoms. The average molecular weight is 459 g/mol. The summed E-state index contributed by atoms with van der Waals surface area (Å²) >= 11 is 0. The van der Waals surface area contributed by atoms with Gasteiger partial charge < -0.3 is 5.32 Å². The molecule has 4 heteroatoms. The number of likely N-dealkylation sites (tertiary alicyclic amines) is 1. The first-order valence-electron chi connectivity index (χ1n) is 12.3. The van der Waals surface area contributed by atoms with E-state index in [1.807, 2.05) is 24.3 Å². The van der Waals surface area contributed by atoms with Gasteiger partial charge in [-0.05, 0) is 54.3 Å². The molecule has 1 aromatic heterocycles. The lowest BCUT2D eigenvalue weighted by Gasteiger charge is -2.32. The van der Waals surface area contributed by atoms with Gasteiger partial charge in [0.2, 0.25) is 5.69 Å². The molecule has 0 radical (unpaired) electrons. The minimum Gasteiger partial charge on any atom is -0.310 e. The van der Waals surface area contributed by atoms with Gasteiger partial charge in [0.25, 0.3) is 0 Å². The summed E-state index contributed by atoms with van der Waals surface area (Å²) in [7, 11) is 0. The van der Waals surface area contributed by atoms with Gasteiger partial charge in [-0.1, -0.05) is 84.9 Å². The van der Waals surface area contributed by atoms with Gasteiger partial charge >= 0.3 is 0 Å². The number of nitrogens with zero attached hydrogens (tertiary/aromatic N) is 3. The quantitative estimate of drug-likeness (QED) is 0.312. The van der Waals surface area contributed by atoms with Crippen LogP contribution in [0.5, 0.6) is 0 Å². The van der Waals surface area contributed by atoms with Crippen LogP contribution in [0.15, 0.2) is 97.2 Å². The number of hydrogen-bond donors (Lipinski definition) is 1. The highest BCUT2D eigenvalue weighted by Gasteiger charge is 2.19. The Morgan fingerprint density at radius 2 is 1.51 bits per heavy atom. The van der Waals surface area contributed by atoms with Gasteiger partial charge in [-0.15, -0.1) is 0 Å². The van der Waals surface area contributed by atoms with Crippen LogP contribution in [0.25, 0.3) is 27.2 Å². The molecule has 4 nitrogen and oxygen atoms in total. The zero-order valence-electron chi connectivity index (χ0n) is 19.9. The third kappa shape index (κ3) is 5.84. The van der Waals surface area contributed by atoms with Crippen molar-refractivity contribution in [2.45, 2.75) is 32.0 Å². The summed E-state index contributed by atoms with van der Waals surface area (Å²) in [6.07, 6.45) is 4.03. The summed E-state index contributed by atoms with van der Waals surface area (Å²) in [5.41, 5.74) is 7.30. The van der Waals surface area contributed by atoms with Gasteiger partial charge in [0.15, 0.2) is 0 Å². The van der Waals surface area contributed by atoms with Gasteiger partial charge in [0.05, 0.1) is 12.3 Å². The van der Waals surface area contributed by atoms with Crippen LogP contribution in [0, 0.1) is 6.57 Å². The fraction of sp³-hybridized carbons (Fsp3) is 0.226. The van der Waals surface area contributed by atoms with E-state index in [4.69, 9.17) is 6.57 Å². The largest absolute Gasteiger partial charge is 0.310 e. The van der Waals surface area contributed by atoms with Crippen LogP contribution in [-0.4, -0.2) is 29.0 Å². The maximum atomic E-state index is 7.38. The molecule has 1 saturated heterocycles. The Morgan fingerprint density at radius 3 is 2.20 bits per heavy atom. The molecule has 35 heavy (non-hydrogen) atoms. The molecule has 0 bridgehead atoms. The van der Waals surface area contributed by atoms with E-state index in [1.54, 1.807) is 6.20 Å². The molecule has 0 amide bonds. The summed E-state index contributed by atoms with van der Waals surface area (Å²) in [4.78, 5) is 10.8. The van der Waals surface area contributed by atoms with Crippen molar-refractivity contribution >= 4 is 5.69 Å². The Hall–Kier alpha value is -3.78. The molecular weight excluding hydrogens is 428 g/mol. The topological polar surface area (TPSA) is 32.5 Å². The second kappa shape index (κ2) is 11.1. The Morgan fingerprint density at radius 1 is 0.829 bits per heavy atom. The van der Waals surface area contributed by atoms with Crippen molar-refractivity contribution in [3.05, 3.63) is 120 Å². The van der Waals surface area contributed by atoms with Gasteiger partial charge in [-0.25, -0.2) is 4.85 Å². The molecule has 3 aromatic carbocycles. The summed E-state index contributed by atoms with van der Waals surface area (Å²) < 4.78 is 0. The number of aromatic nitrogens is 1. The third-order valence-corrected chi connectivity index (χ3v) is 6.75. The Kier molecular flexibility index (Phi) is 7.29. The molecular formula is C31H30N4. The highest BCUT2D eigenvalue weighted by atomic mass is 15.1. The molecule has 0 atom stereocenters. The standard InChI is InChI=1S/C31H30N4/c1-32-29-20-30(26-10-6-3-7-11-26)31(34-22-29)27-14-12-25(13-15-27)23-35-18-16-28(17-19-35)33-21-24-8-4-2-5-9-24/h2-15,20,22,28,33H,16-19,21,23H2. The molecule has 5 rings (SSSR count). The average Bonchev–Trinajstić information content (AvgIpc) is 2.94. The summed E-state index contributed by atoms with van der Waals surface area (Å²) in [5.74, 6) is 0. The van der Waals surface area contributed by atoms with Crippen LogP contribution < -0.4 is 5.32 Å². The number of rotatable bonds is 7. The van der Waals surface area contributed by atoms with Crippen LogP contribution in [-0.2, 0) is 13.1 Å². The van der Waals surface area contributed by atoms with Gasteiger partial charge in [0.1, 0.15) is 0 Å². The number of nitrogens with one attached hydrogen (secondary N) is 1. The van der Waals surface area contributed by atoms with Gasteiger partial charge in [0, 0.05) is 30.9 Å². The molecule has 4 aromatic rings. The Bertz CT molecular complexity index is 1270. The highest BCUT2D eigenvalue weighted by molar-refractivity contribution is 5.83. The lowest BCUT2D eigenvalue weighted by Crippen LogP contribution is -2.41. The first-order valence-corrected chi connectivity index (χ1v) is 12.3. The number of pyridine rings is 1. The fourth-order valence-electron chi connectivity index (χ4n) is 4.76. The van der Waals surface area contributed by atoms with E-state index in [-0.39, 0.29) is 0 Å². The van der Waals surface area contributed by atoms with Crippen molar-refractivity contribution in [1.29, 1.82) is 0 Å². The maximum absolute atomic E-state index is 7.38. The molecule has 0 saturated carbocycles. The SMILES string of the molecule is [C-]#[N+]c1cnc(-c2ccc(CN3CCC(NCc4ccccc4)CC3)cc2)c(-c2ccccc2)c1. The fourth-order valence-corrected chi connectivity index (χ4v) is 4.76.